The summed E-state index contributed by atoms with van der Waals surface area (Å²) in [5.74, 6) is -3.06. The molecule has 2 aromatic carbocycles. The van der Waals surface area contributed by atoms with Gasteiger partial charge in [0.25, 0.3) is 0 Å². The maximum Gasteiger partial charge on any atom is 0.310 e. The summed E-state index contributed by atoms with van der Waals surface area (Å²) in [7, 11) is 1.46. The van der Waals surface area contributed by atoms with Crippen molar-refractivity contribution in [3.63, 3.8) is 0 Å². The fraction of sp³-hybridized carbons (Fsp3) is 0.158. The molecule has 5 nitrogen and oxygen atoms in total. The van der Waals surface area contributed by atoms with Crippen LogP contribution in [0.3, 0.4) is 0 Å². The number of aryl methyl sites for hydroxylation is 1. The standard InChI is InChI=1S/C19H16ClF3N4O/c1-10-5-12(20)3-4-15(10)25-19-26-18(28)14(22)9-27(19)8-11-6-13(21)17(23)16(7-11)24-2/h3-7,9,24H,8H2,1-2H3,(H,25,26,28). The van der Waals surface area contributed by atoms with Crippen molar-refractivity contribution < 1.29 is 13.2 Å². The zero-order chi connectivity index (χ0) is 20.4. The molecule has 0 amide bonds. The number of rotatable bonds is 5. The van der Waals surface area contributed by atoms with Crippen molar-refractivity contribution in [2.45, 2.75) is 13.5 Å². The Morgan fingerprint density at radius 3 is 2.54 bits per heavy atom. The Morgan fingerprint density at radius 2 is 1.86 bits per heavy atom. The summed E-state index contributed by atoms with van der Waals surface area (Å²) in [5.41, 5.74) is 0.670. The first kappa shape index (κ1) is 19.8. The molecule has 2 N–H and O–H groups in total. The van der Waals surface area contributed by atoms with Gasteiger partial charge in [0.2, 0.25) is 11.8 Å². The Balaban J connectivity index is 2.02. The van der Waals surface area contributed by atoms with E-state index in [1.165, 1.54) is 17.7 Å². The van der Waals surface area contributed by atoms with Crippen molar-refractivity contribution in [3.05, 3.63) is 80.5 Å². The Labute approximate surface area is 163 Å². The van der Waals surface area contributed by atoms with Gasteiger partial charge in [-0.3, -0.25) is 4.79 Å². The van der Waals surface area contributed by atoms with E-state index >= 15 is 0 Å². The molecule has 0 atom stereocenters. The largest absolute Gasteiger partial charge is 0.386 e. The summed E-state index contributed by atoms with van der Waals surface area (Å²) in [4.78, 5) is 15.4. The van der Waals surface area contributed by atoms with Crippen molar-refractivity contribution in [2.24, 2.45) is 0 Å². The van der Waals surface area contributed by atoms with Crippen LogP contribution in [0.15, 0.2) is 41.3 Å². The Hall–Kier alpha value is -3.00. The molecule has 0 aliphatic rings. The summed E-state index contributed by atoms with van der Waals surface area (Å²) in [6, 6.07) is 7.45. The zero-order valence-corrected chi connectivity index (χ0v) is 15.7. The lowest BCUT2D eigenvalue weighted by molar-refractivity contribution is 0.509. The lowest BCUT2D eigenvalue weighted by Crippen LogP contribution is -2.20. The summed E-state index contributed by atoms with van der Waals surface area (Å²) >= 11 is 5.94. The van der Waals surface area contributed by atoms with Crippen LogP contribution in [0.2, 0.25) is 5.02 Å². The van der Waals surface area contributed by atoms with Crippen LogP contribution < -0.4 is 16.2 Å². The minimum Gasteiger partial charge on any atom is -0.386 e. The maximum absolute atomic E-state index is 13.8. The average Bonchev–Trinajstić information content (AvgIpc) is 2.64. The van der Waals surface area contributed by atoms with Crippen LogP contribution in [-0.4, -0.2) is 16.6 Å². The van der Waals surface area contributed by atoms with Gasteiger partial charge in [0.15, 0.2) is 11.6 Å². The first-order chi connectivity index (χ1) is 13.3. The van der Waals surface area contributed by atoms with E-state index < -0.39 is 23.0 Å². The minimum absolute atomic E-state index is 0.0347. The normalized spacial score (nSPS) is 10.8. The minimum atomic E-state index is -1.06. The van der Waals surface area contributed by atoms with Gasteiger partial charge in [-0.15, -0.1) is 0 Å². The third-order valence-corrected chi connectivity index (χ3v) is 4.33. The molecule has 0 saturated heterocycles. The molecule has 146 valence electrons. The van der Waals surface area contributed by atoms with Crippen molar-refractivity contribution in [1.29, 1.82) is 0 Å². The molecule has 0 saturated carbocycles. The number of hydrogen-bond donors (Lipinski definition) is 2. The van der Waals surface area contributed by atoms with Crippen LogP contribution in [-0.2, 0) is 6.54 Å². The fourth-order valence-electron chi connectivity index (χ4n) is 2.69. The topological polar surface area (TPSA) is 59.0 Å². The second kappa shape index (κ2) is 7.93. The average molecular weight is 409 g/mol. The van der Waals surface area contributed by atoms with Crippen molar-refractivity contribution >= 4 is 28.9 Å². The molecule has 0 unspecified atom stereocenters. The second-order valence-electron chi connectivity index (χ2n) is 6.12. The van der Waals surface area contributed by atoms with Gasteiger partial charge in [0, 0.05) is 24.0 Å². The van der Waals surface area contributed by atoms with Crippen LogP contribution in [0.25, 0.3) is 0 Å². The van der Waals surface area contributed by atoms with Crippen LogP contribution >= 0.6 is 11.6 Å². The number of aromatic nitrogens is 2. The summed E-state index contributed by atoms with van der Waals surface area (Å²) in [6.45, 7) is 1.75. The fourth-order valence-corrected chi connectivity index (χ4v) is 2.92. The SMILES string of the molecule is CNc1cc(Cn2cc(F)c(=O)nc2Nc2ccc(Cl)cc2C)cc(F)c1F. The molecule has 3 rings (SSSR count). The van der Waals surface area contributed by atoms with E-state index in [0.29, 0.717) is 16.3 Å². The predicted molar refractivity (Wildman–Crippen MR) is 103 cm³/mol. The molecular weight excluding hydrogens is 393 g/mol. The van der Waals surface area contributed by atoms with Crippen molar-refractivity contribution in [3.8, 4) is 0 Å². The number of anilines is 3. The maximum atomic E-state index is 13.8. The molecule has 3 aromatic rings. The van der Waals surface area contributed by atoms with E-state index in [-0.39, 0.29) is 18.2 Å². The molecule has 28 heavy (non-hydrogen) atoms. The number of nitrogens with zero attached hydrogens (tertiary/aromatic N) is 2. The number of benzene rings is 2. The molecule has 1 heterocycles. The highest BCUT2D eigenvalue weighted by atomic mass is 35.5. The molecule has 0 spiro atoms. The second-order valence-corrected chi connectivity index (χ2v) is 6.56. The molecule has 0 aliphatic heterocycles. The monoisotopic (exact) mass is 408 g/mol. The van der Waals surface area contributed by atoms with Gasteiger partial charge in [-0.2, -0.15) is 9.37 Å². The van der Waals surface area contributed by atoms with E-state index in [1.54, 1.807) is 25.1 Å². The van der Waals surface area contributed by atoms with Gasteiger partial charge < -0.3 is 15.2 Å². The van der Waals surface area contributed by atoms with Crippen LogP contribution in [0.1, 0.15) is 11.1 Å². The van der Waals surface area contributed by atoms with E-state index in [1.807, 2.05) is 0 Å². The molecular formula is C19H16ClF3N4O. The summed E-state index contributed by atoms with van der Waals surface area (Å²) in [6.07, 6.45) is 0.962. The third kappa shape index (κ3) is 4.12. The van der Waals surface area contributed by atoms with Gasteiger partial charge >= 0.3 is 5.56 Å². The Morgan fingerprint density at radius 1 is 1.11 bits per heavy atom. The molecule has 9 heteroatoms. The van der Waals surface area contributed by atoms with Gasteiger partial charge in [0.05, 0.1) is 12.2 Å². The quantitative estimate of drug-likeness (QED) is 0.654. The van der Waals surface area contributed by atoms with Crippen LogP contribution in [0.4, 0.5) is 30.5 Å². The highest BCUT2D eigenvalue weighted by Crippen LogP contribution is 2.24. The van der Waals surface area contributed by atoms with Crippen molar-refractivity contribution in [2.75, 3.05) is 17.7 Å². The Kier molecular flexibility index (Phi) is 5.60. The predicted octanol–water partition coefficient (Wildman–Crippen LogP) is 4.46. The van der Waals surface area contributed by atoms with Crippen LogP contribution in [0.5, 0.6) is 0 Å². The highest BCUT2D eigenvalue weighted by molar-refractivity contribution is 6.30. The molecule has 0 bridgehead atoms. The molecule has 0 radical (unpaired) electrons. The summed E-state index contributed by atoms with van der Waals surface area (Å²) < 4.78 is 42.7. The van der Waals surface area contributed by atoms with Crippen LogP contribution in [0, 0.1) is 24.4 Å². The lowest BCUT2D eigenvalue weighted by atomic mass is 10.1. The van der Waals surface area contributed by atoms with Gasteiger partial charge in [-0.1, -0.05) is 11.6 Å². The van der Waals surface area contributed by atoms with E-state index in [2.05, 4.69) is 15.6 Å². The lowest BCUT2D eigenvalue weighted by Gasteiger charge is -2.16. The van der Waals surface area contributed by atoms with E-state index in [9.17, 15) is 18.0 Å². The summed E-state index contributed by atoms with van der Waals surface area (Å²) in [5, 5.41) is 6.05. The first-order valence-corrected chi connectivity index (χ1v) is 8.62. The molecule has 1 aromatic heterocycles. The highest BCUT2D eigenvalue weighted by Gasteiger charge is 2.14. The molecule has 0 fully saturated rings. The first-order valence-electron chi connectivity index (χ1n) is 8.24. The number of hydrogen-bond acceptors (Lipinski definition) is 4. The van der Waals surface area contributed by atoms with Gasteiger partial charge in [-0.25, -0.2) is 8.78 Å². The van der Waals surface area contributed by atoms with Crippen molar-refractivity contribution in [1.82, 2.24) is 9.55 Å². The van der Waals surface area contributed by atoms with E-state index in [0.717, 1.165) is 17.8 Å². The zero-order valence-electron chi connectivity index (χ0n) is 15.0. The smallest absolute Gasteiger partial charge is 0.310 e. The third-order valence-electron chi connectivity index (χ3n) is 4.10. The van der Waals surface area contributed by atoms with E-state index in [4.69, 9.17) is 11.6 Å². The Bertz CT molecular complexity index is 1100. The van der Waals surface area contributed by atoms with Gasteiger partial charge in [0.1, 0.15) is 0 Å². The van der Waals surface area contributed by atoms with Gasteiger partial charge in [-0.05, 0) is 48.4 Å². The number of nitrogens with one attached hydrogen (secondary N) is 2. The molecule has 0 aliphatic carbocycles. The number of halogens is 4.